The van der Waals surface area contributed by atoms with Gasteiger partial charge in [-0.05, 0) is 44.7 Å². The van der Waals surface area contributed by atoms with Crippen molar-refractivity contribution in [3.63, 3.8) is 0 Å². The van der Waals surface area contributed by atoms with Crippen LogP contribution >= 0.6 is 0 Å². The molecule has 0 aliphatic carbocycles. The molecule has 1 heterocycles. The molecule has 1 atom stereocenters. The third kappa shape index (κ3) is 6.73. The minimum atomic E-state index is -4.19. The van der Waals surface area contributed by atoms with Crippen molar-refractivity contribution in [2.24, 2.45) is 5.92 Å². The molecule has 0 bridgehead atoms. The number of rotatable bonds is 4. The van der Waals surface area contributed by atoms with Gasteiger partial charge in [0.25, 0.3) is 0 Å². The summed E-state index contributed by atoms with van der Waals surface area (Å²) in [6.07, 6.45) is -0.176. The number of ether oxygens (including phenoxy) is 1. The van der Waals surface area contributed by atoms with Gasteiger partial charge in [-0.2, -0.15) is 13.2 Å². The van der Waals surface area contributed by atoms with Gasteiger partial charge in [-0.25, -0.2) is 0 Å². The molecule has 0 spiro atoms. The number of hydrogen-bond acceptors (Lipinski definition) is 2. The van der Waals surface area contributed by atoms with E-state index in [2.05, 4.69) is 10.1 Å². The molecular formula is C10H18F3NO. The average molecular weight is 225 g/mol. The van der Waals surface area contributed by atoms with E-state index < -0.39 is 12.8 Å². The van der Waals surface area contributed by atoms with Crippen molar-refractivity contribution in [3.05, 3.63) is 0 Å². The van der Waals surface area contributed by atoms with E-state index in [1.54, 1.807) is 0 Å². The molecule has 1 rings (SSSR count). The average Bonchev–Trinajstić information content (AvgIpc) is 2.39. The van der Waals surface area contributed by atoms with Gasteiger partial charge < -0.3 is 10.1 Å². The second kappa shape index (κ2) is 6.33. The fourth-order valence-corrected chi connectivity index (χ4v) is 1.82. The summed E-state index contributed by atoms with van der Waals surface area (Å²) < 4.78 is 39.8. The van der Waals surface area contributed by atoms with Crippen LogP contribution in [-0.4, -0.2) is 32.5 Å². The van der Waals surface area contributed by atoms with Gasteiger partial charge in [0, 0.05) is 6.61 Å². The van der Waals surface area contributed by atoms with Crippen molar-refractivity contribution in [2.45, 2.75) is 31.9 Å². The summed E-state index contributed by atoms with van der Waals surface area (Å²) in [7, 11) is 0. The van der Waals surface area contributed by atoms with Crippen molar-refractivity contribution in [3.8, 4) is 0 Å². The molecule has 90 valence electrons. The Morgan fingerprint density at radius 2 is 2.00 bits per heavy atom. The highest BCUT2D eigenvalue weighted by molar-refractivity contribution is 4.66. The summed E-state index contributed by atoms with van der Waals surface area (Å²) in [6.45, 7) is 1.12. The Labute approximate surface area is 88.2 Å². The van der Waals surface area contributed by atoms with Gasteiger partial charge in [-0.1, -0.05) is 0 Å². The minimum Gasteiger partial charge on any atom is -0.372 e. The predicted molar refractivity (Wildman–Crippen MR) is 51.7 cm³/mol. The van der Waals surface area contributed by atoms with Crippen LogP contribution < -0.4 is 5.32 Å². The first-order chi connectivity index (χ1) is 7.08. The quantitative estimate of drug-likeness (QED) is 0.741. The lowest BCUT2D eigenvalue weighted by molar-refractivity contribution is -0.174. The standard InChI is InChI=1S/C10H18F3NO/c11-10(12,13)8-15-7-4-9-2-1-5-14-6-3-9/h9,14H,1-8H2. The molecule has 0 aromatic heterocycles. The van der Waals surface area contributed by atoms with Crippen molar-refractivity contribution in [1.29, 1.82) is 0 Å². The van der Waals surface area contributed by atoms with Crippen molar-refractivity contribution in [2.75, 3.05) is 26.3 Å². The van der Waals surface area contributed by atoms with Gasteiger partial charge >= 0.3 is 6.18 Å². The Kier molecular flexibility index (Phi) is 5.39. The maximum Gasteiger partial charge on any atom is 0.411 e. The SMILES string of the molecule is FC(F)(F)COCCC1CCCNCC1. The molecule has 5 heteroatoms. The number of halogens is 3. The first-order valence-corrected chi connectivity index (χ1v) is 5.43. The van der Waals surface area contributed by atoms with Crippen LogP contribution in [0, 0.1) is 5.92 Å². The molecule has 0 aromatic rings. The van der Waals surface area contributed by atoms with Crippen LogP contribution in [0.15, 0.2) is 0 Å². The van der Waals surface area contributed by atoms with Gasteiger partial charge in [-0.3, -0.25) is 0 Å². The summed E-state index contributed by atoms with van der Waals surface area (Å²) in [6, 6.07) is 0. The molecule has 0 aromatic carbocycles. The molecular weight excluding hydrogens is 207 g/mol. The van der Waals surface area contributed by atoms with Gasteiger partial charge in [0.15, 0.2) is 0 Å². The first-order valence-electron chi connectivity index (χ1n) is 5.43. The van der Waals surface area contributed by atoms with Gasteiger partial charge in [-0.15, -0.1) is 0 Å². The van der Waals surface area contributed by atoms with E-state index in [4.69, 9.17) is 0 Å². The van der Waals surface area contributed by atoms with Crippen LogP contribution in [0.1, 0.15) is 25.7 Å². The minimum absolute atomic E-state index is 0.226. The van der Waals surface area contributed by atoms with Crippen LogP contribution in [0.25, 0.3) is 0 Å². The van der Waals surface area contributed by atoms with E-state index in [1.165, 1.54) is 0 Å². The fraction of sp³-hybridized carbons (Fsp3) is 1.00. The lowest BCUT2D eigenvalue weighted by Crippen LogP contribution is -2.18. The third-order valence-corrected chi connectivity index (χ3v) is 2.63. The number of alkyl halides is 3. The molecule has 0 saturated carbocycles. The molecule has 0 radical (unpaired) electrons. The van der Waals surface area contributed by atoms with Crippen molar-refractivity contribution in [1.82, 2.24) is 5.32 Å². The largest absolute Gasteiger partial charge is 0.411 e. The Hall–Kier alpha value is -0.290. The second-order valence-electron chi connectivity index (χ2n) is 4.00. The van der Waals surface area contributed by atoms with Crippen LogP contribution in [0.4, 0.5) is 13.2 Å². The monoisotopic (exact) mass is 225 g/mol. The molecule has 0 amide bonds. The molecule has 1 aliphatic rings. The van der Waals surface area contributed by atoms with E-state index in [9.17, 15) is 13.2 Å². The summed E-state index contributed by atoms with van der Waals surface area (Å²) in [5.74, 6) is 0.522. The van der Waals surface area contributed by atoms with Crippen LogP contribution in [0.2, 0.25) is 0 Å². The lowest BCUT2D eigenvalue weighted by Gasteiger charge is -2.14. The van der Waals surface area contributed by atoms with Crippen LogP contribution in [0.3, 0.4) is 0 Å². The Balaban J connectivity index is 2.03. The van der Waals surface area contributed by atoms with Crippen molar-refractivity contribution >= 4 is 0 Å². The summed E-state index contributed by atoms with van der Waals surface area (Å²) in [5, 5.41) is 3.27. The van der Waals surface area contributed by atoms with Gasteiger partial charge in [0.1, 0.15) is 6.61 Å². The summed E-state index contributed by atoms with van der Waals surface area (Å²) >= 11 is 0. The fourth-order valence-electron chi connectivity index (χ4n) is 1.82. The Morgan fingerprint density at radius 3 is 2.73 bits per heavy atom. The number of hydrogen-bond donors (Lipinski definition) is 1. The van der Waals surface area contributed by atoms with Crippen LogP contribution in [0.5, 0.6) is 0 Å². The van der Waals surface area contributed by atoms with Gasteiger partial charge in [0.2, 0.25) is 0 Å². The Bertz CT molecular complexity index is 165. The van der Waals surface area contributed by atoms with E-state index in [0.717, 1.165) is 38.8 Å². The smallest absolute Gasteiger partial charge is 0.372 e. The summed E-state index contributed by atoms with van der Waals surface area (Å²) in [5.41, 5.74) is 0. The predicted octanol–water partition coefficient (Wildman–Crippen LogP) is 2.35. The van der Waals surface area contributed by atoms with Crippen molar-refractivity contribution < 1.29 is 17.9 Å². The van der Waals surface area contributed by atoms with Crippen LogP contribution in [-0.2, 0) is 4.74 Å². The number of nitrogens with one attached hydrogen (secondary N) is 1. The lowest BCUT2D eigenvalue weighted by atomic mass is 9.97. The molecule has 1 N–H and O–H groups in total. The zero-order valence-electron chi connectivity index (χ0n) is 8.78. The molecule has 1 saturated heterocycles. The zero-order valence-corrected chi connectivity index (χ0v) is 8.78. The third-order valence-electron chi connectivity index (χ3n) is 2.63. The first kappa shape index (κ1) is 12.8. The maximum absolute atomic E-state index is 11.8. The van der Waals surface area contributed by atoms with Gasteiger partial charge in [0.05, 0.1) is 0 Å². The van der Waals surface area contributed by atoms with E-state index in [1.807, 2.05) is 0 Å². The molecule has 15 heavy (non-hydrogen) atoms. The Morgan fingerprint density at radius 1 is 1.20 bits per heavy atom. The van der Waals surface area contributed by atoms with E-state index in [-0.39, 0.29) is 6.61 Å². The van der Waals surface area contributed by atoms with E-state index in [0.29, 0.717) is 5.92 Å². The highest BCUT2D eigenvalue weighted by Crippen LogP contribution is 2.19. The normalized spacial score (nSPS) is 23.8. The maximum atomic E-state index is 11.8. The zero-order chi connectivity index (χ0) is 11.1. The summed E-state index contributed by atoms with van der Waals surface area (Å²) in [4.78, 5) is 0. The topological polar surface area (TPSA) is 21.3 Å². The molecule has 1 aliphatic heterocycles. The highest BCUT2D eigenvalue weighted by atomic mass is 19.4. The second-order valence-corrected chi connectivity index (χ2v) is 4.00. The molecule has 1 unspecified atom stereocenters. The molecule has 1 fully saturated rings. The highest BCUT2D eigenvalue weighted by Gasteiger charge is 2.27. The van der Waals surface area contributed by atoms with E-state index >= 15 is 0 Å². The molecule has 2 nitrogen and oxygen atoms in total.